The minimum atomic E-state index is -4.10. The van der Waals surface area contributed by atoms with Crippen LogP contribution in [0.25, 0.3) is 0 Å². The predicted molar refractivity (Wildman–Crippen MR) is 56.3 cm³/mol. The van der Waals surface area contributed by atoms with Crippen molar-refractivity contribution in [3.63, 3.8) is 0 Å². The van der Waals surface area contributed by atoms with Crippen LogP contribution in [-0.2, 0) is 4.74 Å². The number of nitrogens with one attached hydrogen (secondary N) is 1. The van der Waals surface area contributed by atoms with E-state index in [9.17, 15) is 13.2 Å². The fourth-order valence-corrected chi connectivity index (χ4v) is 1.95. The first-order valence-corrected chi connectivity index (χ1v) is 5.93. The number of alkyl halides is 3. The van der Waals surface area contributed by atoms with E-state index in [0.717, 1.165) is 12.5 Å². The first kappa shape index (κ1) is 13.8. The highest BCUT2D eigenvalue weighted by atomic mass is 19.4. The molecule has 96 valence electrons. The predicted octanol–water partition coefficient (Wildman–Crippen LogP) is 2.74. The molecule has 0 unspecified atom stereocenters. The van der Waals surface area contributed by atoms with E-state index in [4.69, 9.17) is 4.74 Å². The zero-order valence-corrected chi connectivity index (χ0v) is 9.48. The van der Waals surface area contributed by atoms with Crippen LogP contribution in [0.5, 0.6) is 0 Å². The SMILES string of the molecule is FC(F)(F)CCOCCNCC1CCCC1. The molecule has 1 aliphatic rings. The van der Waals surface area contributed by atoms with Gasteiger partial charge in [-0.25, -0.2) is 0 Å². The van der Waals surface area contributed by atoms with Crippen LogP contribution >= 0.6 is 0 Å². The second-order valence-electron chi connectivity index (χ2n) is 4.33. The summed E-state index contributed by atoms with van der Waals surface area (Å²) in [4.78, 5) is 0. The zero-order chi connectivity index (χ0) is 11.9. The van der Waals surface area contributed by atoms with E-state index in [-0.39, 0.29) is 6.61 Å². The summed E-state index contributed by atoms with van der Waals surface area (Å²) in [7, 11) is 0. The number of halogens is 3. The lowest BCUT2D eigenvalue weighted by atomic mass is 10.1. The molecule has 1 rings (SSSR count). The number of ether oxygens (including phenoxy) is 1. The Hall–Kier alpha value is -0.290. The molecule has 0 aromatic rings. The highest BCUT2D eigenvalue weighted by Crippen LogP contribution is 2.23. The fourth-order valence-electron chi connectivity index (χ4n) is 1.95. The Kier molecular flexibility index (Phi) is 6.13. The van der Waals surface area contributed by atoms with Crippen molar-refractivity contribution in [2.75, 3.05) is 26.3 Å². The molecule has 0 atom stereocenters. The van der Waals surface area contributed by atoms with Crippen LogP contribution in [0.3, 0.4) is 0 Å². The van der Waals surface area contributed by atoms with Crippen molar-refractivity contribution in [2.24, 2.45) is 5.92 Å². The molecule has 0 saturated heterocycles. The van der Waals surface area contributed by atoms with Crippen LogP contribution < -0.4 is 5.32 Å². The summed E-state index contributed by atoms with van der Waals surface area (Å²) in [5.41, 5.74) is 0. The minimum Gasteiger partial charge on any atom is -0.380 e. The van der Waals surface area contributed by atoms with E-state index in [1.807, 2.05) is 0 Å². The van der Waals surface area contributed by atoms with Crippen molar-refractivity contribution in [2.45, 2.75) is 38.3 Å². The van der Waals surface area contributed by atoms with E-state index < -0.39 is 12.6 Å². The summed E-state index contributed by atoms with van der Waals surface area (Å²) in [6.45, 7) is 1.76. The largest absolute Gasteiger partial charge is 0.391 e. The van der Waals surface area contributed by atoms with Gasteiger partial charge in [-0.3, -0.25) is 0 Å². The van der Waals surface area contributed by atoms with E-state index in [1.165, 1.54) is 25.7 Å². The molecule has 0 amide bonds. The fraction of sp³-hybridized carbons (Fsp3) is 1.00. The van der Waals surface area contributed by atoms with Crippen molar-refractivity contribution in [3.05, 3.63) is 0 Å². The normalized spacial score (nSPS) is 18.2. The van der Waals surface area contributed by atoms with Crippen molar-refractivity contribution in [3.8, 4) is 0 Å². The van der Waals surface area contributed by atoms with Gasteiger partial charge in [0.1, 0.15) is 0 Å². The molecule has 2 nitrogen and oxygen atoms in total. The first-order valence-electron chi connectivity index (χ1n) is 5.93. The van der Waals surface area contributed by atoms with E-state index >= 15 is 0 Å². The summed E-state index contributed by atoms with van der Waals surface area (Å²) >= 11 is 0. The molecule has 0 bridgehead atoms. The van der Waals surface area contributed by atoms with Gasteiger partial charge in [0, 0.05) is 6.54 Å². The van der Waals surface area contributed by atoms with Gasteiger partial charge >= 0.3 is 6.18 Å². The average Bonchev–Trinajstić information content (AvgIpc) is 2.67. The molecule has 0 aliphatic heterocycles. The van der Waals surface area contributed by atoms with Gasteiger partial charge < -0.3 is 10.1 Å². The Balaban J connectivity index is 1.81. The third-order valence-corrected chi connectivity index (χ3v) is 2.86. The Morgan fingerprint density at radius 2 is 1.81 bits per heavy atom. The lowest BCUT2D eigenvalue weighted by molar-refractivity contribution is -0.145. The third kappa shape index (κ3) is 7.06. The van der Waals surface area contributed by atoms with Gasteiger partial charge in [-0.1, -0.05) is 12.8 Å². The third-order valence-electron chi connectivity index (χ3n) is 2.86. The Morgan fingerprint density at radius 3 is 2.44 bits per heavy atom. The molecule has 1 aliphatic carbocycles. The van der Waals surface area contributed by atoms with Crippen LogP contribution in [0.15, 0.2) is 0 Å². The van der Waals surface area contributed by atoms with Crippen LogP contribution in [0.2, 0.25) is 0 Å². The second-order valence-corrected chi connectivity index (χ2v) is 4.33. The summed E-state index contributed by atoms with van der Waals surface area (Å²) in [5.74, 6) is 0.759. The highest BCUT2D eigenvalue weighted by molar-refractivity contribution is 4.69. The molecule has 0 aromatic carbocycles. The zero-order valence-electron chi connectivity index (χ0n) is 9.48. The van der Waals surface area contributed by atoms with Gasteiger partial charge in [-0.15, -0.1) is 0 Å². The van der Waals surface area contributed by atoms with Crippen molar-refractivity contribution < 1.29 is 17.9 Å². The molecule has 16 heavy (non-hydrogen) atoms. The van der Waals surface area contributed by atoms with Crippen LogP contribution in [-0.4, -0.2) is 32.5 Å². The monoisotopic (exact) mass is 239 g/mol. The highest BCUT2D eigenvalue weighted by Gasteiger charge is 2.26. The van der Waals surface area contributed by atoms with Gasteiger partial charge in [0.15, 0.2) is 0 Å². The maximum Gasteiger partial charge on any atom is 0.391 e. The Bertz CT molecular complexity index is 179. The topological polar surface area (TPSA) is 21.3 Å². The Morgan fingerprint density at radius 1 is 1.12 bits per heavy atom. The number of hydrogen-bond acceptors (Lipinski definition) is 2. The summed E-state index contributed by atoms with van der Waals surface area (Å²) in [6, 6.07) is 0. The molecule has 1 fully saturated rings. The second kappa shape index (κ2) is 7.12. The maximum atomic E-state index is 11.7. The smallest absolute Gasteiger partial charge is 0.380 e. The van der Waals surface area contributed by atoms with Gasteiger partial charge in [-0.05, 0) is 25.3 Å². The molecular formula is C11H20F3NO. The van der Waals surface area contributed by atoms with E-state index in [1.54, 1.807) is 0 Å². The first-order chi connectivity index (χ1) is 7.58. The van der Waals surface area contributed by atoms with Crippen LogP contribution in [0, 0.1) is 5.92 Å². The molecule has 0 radical (unpaired) electrons. The lowest BCUT2D eigenvalue weighted by Gasteiger charge is -2.11. The van der Waals surface area contributed by atoms with Crippen molar-refractivity contribution in [1.29, 1.82) is 0 Å². The molecule has 0 heterocycles. The summed E-state index contributed by atoms with van der Waals surface area (Å²) in [5, 5.41) is 3.22. The Labute approximate surface area is 94.5 Å². The lowest BCUT2D eigenvalue weighted by Crippen LogP contribution is -2.25. The van der Waals surface area contributed by atoms with Crippen LogP contribution in [0.4, 0.5) is 13.2 Å². The summed E-state index contributed by atoms with van der Waals surface area (Å²) < 4.78 is 40.1. The standard InChI is InChI=1S/C11H20F3NO/c12-11(13,14)5-7-16-8-6-15-9-10-3-1-2-4-10/h10,15H,1-9H2. The average molecular weight is 239 g/mol. The molecule has 0 spiro atoms. The van der Waals surface area contributed by atoms with Gasteiger partial charge in [0.25, 0.3) is 0 Å². The minimum absolute atomic E-state index is 0.228. The van der Waals surface area contributed by atoms with Crippen molar-refractivity contribution >= 4 is 0 Å². The van der Waals surface area contributed by atoms with Gasteiger partial charge in [0.05, 0.1) is 19.6 Å². The molecule has 0 aromatic heterocycles. The molecule has 1 saturated carbocycles. The number of rotatable bonds is 7. The molecule has 5 heteroatoms. The van der Waals surface area contributed by atoms with Gasteiger partial charge in [-0.2, -0.15) is 13.2 Å². The summed E-state index contributed by atoms with van der Waals surface area (Å²) in [6.07, 6.45) is 0.236. The molecule has 1 N–H and O–H groups in total. The van der Waals surface area contributed by atoms with E-state index in [2.05, 4.69) is 5.32 Å². The van der Waals surface area contributed by atoms with E-state index in [0.29, 0.717) is 13.2 Å². The van der Waals surface area contributed by atoms with Crippen molar-refractivity contribution in [1.82, 2.24) is 5.32 Å². The maximum absolute atomic E-state index is 11.7. The van der Waals surface area contributed by atoms with Gasteiger partial charge in [0.2, 0.25) is 0 Å². The number of hydrogen-bond donors (Lipinski definition) is 1. The van der Waals surface area contributed by atoms with Crippen LogP contribution in [0.1, 0.15) is 32.1 Å². The quantitative estimate of drug-likeness (QED) is 0.690. The molecular weight excluding hydrogens is 219 g/mol.